The van der Waals surface area contributed by atoms with Crippen molar-refractivity contribution < 1.29 is 20.4 Å². The fourth-order valence-electron chi connectivity index (χ4n) is 0.229. The summed E-state index contributed by atoms with van der Waals surface area (Å²) in [5.74, 6) is 0.568. The van der Waals surface area contributed by atoms with Crippen LogP contribution in [0.25, 0.3) is 0 Å². The van der Waals surface area contributed by atoms with Crippen LogP contribution in [0.3, 0.4) is 0 Å². The first-order valence-electron chi connectivity index (χ1n) is 3.79. The van der Waals surface area contributed by atoms with Crippen molar-refractivity contribution >= 4 is 0 Å². The van der Waals surface area contributed by atoms with Crippen molar-refractivity contribution in [2.45, 2.75) is 34.6 Å². The van der Waals surface area contributed by atoms with Gasteiger partial charge in [-0.2, -0.15) is 10.2 Å². The van der Waals surface area contributed by atoms with Gasteiger partial charge in [0.15, 0.2) is 5.82 Å². The number of aryl methyl sites for hydroxylation is 1. The summed E-state index contributed by atoms with van der Waals surface area (Å²) in [5.41, 5.74) is 0. The largest absolute Gasteiger partial charge is 0.349 e. The maximum absolute atomic E-state index is 3.50. The van der Waals surface area contributed by atoms with E-state index in [0.29, 0.717) is 5.82 Å². The summed E-state index contributed by atoms with van der Waals surface area (Å²) < 4.78 is 0. The van der Waals surface area contributed by atoms with E-state index in [2.05, 4.69) is 26.7 Å². The quantitative estimate of drug-likeness (QED) is 0.670. The summed E-state index contributed by atoms with van der Waals surface area (Å²) in [4.78, 5) is 0. The summed E-state index contributed by atoms with van der Waals surface area (Å²) in [6.07, 6.45) is 2.21. The van der Waals surface area contributed by atoms with E-state index in [1.807, 2.05) is 27.7 Å². The van der Waals surface area contributed by atoms with E-state index >= 15 is 0 Å². The number of aromatic nitrogens is 4. The van der Waals surface area contributed by atoms with E-state index in [4.69, 9.17) is 0 Å². The average Bonchev–Trinajstić information content (AvgIpc) is 2.13. The molecule has 0 bridgehead atoms. The number of hydrogen-bond acceptors (Lipinski definition) is 4. The fourth-order valence-corrected chi connectivity index (χ4v) is 0.229. The standard InChI is InChI=1S/C3H3N4.2C2H6.Re/c1-3-6-4-2-5-7-3;2*1-2;/h1H3;2*1-2H3;/q-1;;;. The molecule has 0 spiro atoms. The van der Waals surface area contributed by atoms with Gasteiger partial charge in [0.25, 0.3) is 0 Å². The minimum atomic E-state index is 0. The molecule has 12 heavy (non-hydrogen) atoms. The second-order valence-electron chi connectivity index (χ2n) is 1.05. The molecule has 1 radical (unpaired) electrons. The number of hydrogen-bond donors (Lipinski definition) is 0. The molecule has 1 aromatic rings. The predicted molar refractivity (Wildman–Crippen MR) is 43.9 cm³/mol. The number of rotatable bonds is 0. The molecule has 0 unspecified atom stereocenters. The molecule has 1 rings (SSSR count). The van der Waals surface area contributed by atoms with Gasteiger partial charge in [0.05, 0.1) is 0 Å². The molecule has 5 heteroatoms. The SMILES string of the molecule is CC.CC.Cc1nn[c-]nn1.[Re]. The van der Waals surface area contributed by atoms with E-state index in [-0.39, 0.29) is 20.4 Å². The van der Waals surface area contributed by atoms with Gasteiger partial charge in [0, 0.05) is 20.4 Å². The second-order valence-corrected chi connectivity index (χ2v) is 1.05. The van der Waals surface area contributed by atoms with Crippen molar-refractivity contribution in [2.75, 3.05) is 0 Å². The Labute approximate surface area is 87.9 Å². The molecule has 0 N–H and O–H groups in total. The normalized spacial score (nSPS) is 6.08. The summed E-state index contributed by atoms with van der Waals surface area (Å²) in [5, 5.41) is 13.7. The van der Waals surface area contributed by atoms with Crippen molar-refractivity contribution in [1.29, 1.82) is 0 Å². The smallest absolute Gasteiger partial charge is 0.163 e. The molecule has 0 saturated heterocycles. The Morgan fingerprint density at radius 1 is 0.917 bits per heavy atom. The van der Waals surface area contributed by atoms with Gasteiger partial charge in [0.1, 0.15) is 0 Å². The van der Waals surface area contributed by atoms with Crippen LogP contribution in [0.4, 0.5) is 0 Å². The van der Waals surface area contributed by atoms with E-state index in [0.717, 1.165) is 0 Å². The maximum Gasteiger partial charge on any atom is 0.163 e. The Kier molecular flexibility index (Phi) is 24.8. The van der Waals surface area contributed by atoms with Gasteiger partial charge in [-0.05, 0) is 6.92 Å². The zero-order valence-electron chi connectivity index (χ0n) is 8.17. The van der Waals surface area contributed by atoms with Crippen LogP contribution in [-0.4, -0.2) is 20.4 Å². The molecule has 0 saturated carbocycles. The van der Waals surface area contributed by atoms with Crippen molar-refractivity contribution in [2.24, 2.45) is 0 Å². The molecular weight excluding hydrogens is 326 g/mol. The van der Waals surface area contributed by atoms with Gasteiger partial charge in [-0.1, -0.05) is 27.7 Å². The summed E-state index contributed by atoms with van der Waals surface area (Å²) >= 11 is 0. The zero-order chi connectivity index (χ0) is 9.11. The molecule has 1 heterocycles. The average molecular weight is 341 g/mol. The molecule has 1 aromatic heterocycles. The van der Waals surface area contributed by atoms with E-state index < -0.39 is 0 Å². The predicted octanol–water partition coefficient (Wildman–Crippen LogP) is 1.43. The van der Waals surface area contributed by atoms with Crippen molar-refractivity contribution in [3.05, 3.63) is 12.2 Å². The minimum Gasteiger partial charge on any atom is -0.349 e. The Morgan fingerprint density at radius 2 is 1.25 bits per heavy atom. The van der Waals surface area contributed by atoms with Gasteiger partial charge in [-0.3, -0.25) is 0 Å². The molecule has 0 aromatic carbocycles. The fraction of sp³-hybridized carbons (Fsp3) is 0.714. The van der Waals surface area contributed by atoms with E-state index in [9.17, 15) is 0 Å². The van der Waals surface area contributed by atoms with Gasteiger partial charge in [0.2, 0.25) is 0 Å². The zero-order valence-corrected chi connectivity index (χ0v) is 10.9. The van der Waals surface area contributed by atoms with E-state index in [1.54, 1.807) is 6.92 Å². The summed E-state index contributed by atoms with van der Waals surface area (Å²) in [6.45, 7) is 9.72. The maximum atomic E-state index is 3.50. The van der Waals surface area contributed by atoms with Crippen LogP contribution in [0.2, 0.25) is 0 Å². The van der Waals surface area contributed by atoms with Gasteiger partial charge >= 0.3 is 0 Å². The summed E-state index contributed by atoms with van der Waals surface area (Å²) in [7, 11) is 0. The van der Waals surface area contributed by atoms with Gasteiger partial charge in [-0.15, -0.1) is 0 Å². The Hall–Kier alpha value is -0.398. The molecular formula is C7H15N4Re-. The Balaban J connectivity index is -0.000000144. The third-order valence-corrected chi connectivity index (χ3v) is 0.479. The Morgan fingerprint density at radius 3 is 1.42 bits per heavy atom. The molecule has 0 fully saturated rings. The van der Waals surface area contributed by atoms with Gasteiger partial charge in [-0.25, -0.2) is 6.33 Å². The van der Waals surface area contributed by atoms with E-state index in [1.165, 1.54) is 0 Å². The topological polar surface area (TPSA) is 51.6 Å². The molecule has 4 nitrogen and oxygen atoms in total. The third-order valence-electron chi connectivity index (χ3n) is 0.479. The monoisotopic (exact) mass is 342 g/mol. The van der Waals surface area contributed by atoms with Crippen LogP contribution < -0.4 is 0 Å². The molecule has 0 atom stereocenters. The van der Waals surface area contributed by atoms with Gasteiger partial charge < -0.3 is 10.2 Å². The van der Waals surface area contributed by atoms with Crippen LogP contribution in [0.1, 0.15) is 33.5 Å². The summed E-state index contributed by atoms with van der Waals surface area (Å²) in [6, 6.07) is 0. The molecule has 0 amide bonds. The van der Waals surface area contributed by atoms with Crippen LogP contribution in [0.15, 0.2) is 0 Å². The molecule has 0 aliphatic heterocycles. The molecule has 0 aliphatic carbocycles. The minimum absolute atomic E-state index is 0. The first kappa shape index (κ1) is 17.6. The second kappa shape index (κ2) is 16.9. The molecule has 71 valence electrons. The van der Waals surface area contributed by atoms with Crippen molar-refractivity contribution in [3.8, 4) is 0 Å². The van der Waals surface area contributed by atoms with Crippen LogP contribution in [-0.2, 0) is 20.4 Å². The third kappa shape index (κ3) is 12.3. The molecule has 0 aliphatic rings. The van der Waals surface area contributed by atoms with Crippen molar-refractivity contribution in [3.63, 3.8) is 0 Å². The van der Waals surface area contributed by atoms with Crippen LogP contribution in [0, 0.1) is 13.3 Å². The first-order valence-corrected chi connectivity index (χ1v) is 3.79. The van der Waals surface area contributed by atoms with Crippen LogP contribution >= 0.6 is 0 Å². The number of nitrogens with zero attached hydrogens (tertiary/aromatic N) is 4. The van der Waals surface area contributed by atoms with Crippen molar-refractivity contribution in [1.82, 2.24) is 20.4 Å². The van der Waals surface area contributed by atoms with Crippen LogP contribution in [0.5, 0.6) is 0 Å². The Bertz CT molecular complexity index is 145. The first-order chi connectivity index (χ1) is 5.39.